The van der Waals surface area contributed by atoms with E-state index in [0.29, 0.717) is 0 Å². The smallest absolute Gasteiger partial charge is 0.130 e. The van der Waals surface area contributed by atoms with Gasteiger partial charge in [-0.15, -0.1) is 0 Å². The summed E-state index contributed by atoms with van der Waals surface area (Å²) in [5.41, 5.74) is 8.65. The Morgan fingerprint density at radius 3 is 2.76 bits per heavy atom. The Kier molecular flexibility index (Phi) is 3.23. The van der Waals surface area contributed by atoms with E-state index in [4.69, 9.17) is 5.73 Å². The summed E-state index contributed by atoms with van der Waals surface area (Å²) < 4.78 is 0. The van der Waals surface area contributed by atoms with Crippen molar-refractivity contribution >= 4 is 11.5 Å². The number of aromatic nitrogens is 2. The van der Waals surface area contributed by atoms with Gasteiger partial charge in [-0.2, -0.15) is 0 Å². The molecule has 88 valence electrons. The van der Waals surface area contributed by atoms with E-state index in [9.17, 15) is 0 Å². The van der Waals surface area contributed by atoms with Crippen LogP contribution in [0.15, 0.2) is 36.7 Å². The molecule has 0 spiro atoms. The lowest BCUT2D eigenvalue weighted by Crippen LogP contribution is -2.18. The van der Waals surface area contributed by atoms with Gasteiger partial charge in [-0.1, -0.05) is 6.07 Å². The minimum atomic E-state index is 0.719. The first-order chi connectivity index (χ1) is 8.16. The van der Waals surface area contributed by atoms with Crippen LogP contribution in [0.5, 0.6) is 0 Å². The molecule has 2 aromatic rings. The molecule has 4 nitrogen and oxygen atoms in total. The summed E-state index contributed by atoms with van der Waals surface area (Å²) >= 11 is 0. The molecule has 0 aliphatic rings. The highest BCUT2D eigenvalue weighted by Gasteiger charge is 2.05. The van der Waals surface area contributed by atoms with E-state index in [1.54, 1.807) is 12.4 Å². The zero-order valence-corrected chi connectivity index (χ0v) is 10.1. The van der Waals surface area contributed by atoms with E-state index >= 15 is 0 Å². The third-order valence-corrected chi connectivity index (χ3v) is 2.65. The number of hydrogen-bond donors (Lipinski definition) is 1. The molecule has 2 aromatic heterocycles. The molecular weight excluding hydrogens is 212 g/mol. The Morgan fingerprint density at radius 2 is 2.12 bits per heavy atom. The zero-order valence-electron chi connectivity index (χ0n) is 10.1. The van der Waals surface area contributed by atoms with Crippen LogP contribution >= 0.6 is 0 Å². The largest absolute Gasteiger partial charge is 0.398 e. The fourth-order valence-electron chi connectivity index (χ4n) is 1.55. The molecule has 2 heterocycles. The monoisotopic (exact) mass is 228 g/mol. The van der Waals surface area contributed by atoms with Crippen molar-refractivity contribution in [3.8, 4) is 0 Å². The minimum Gasteiger partial charge on any atom is -0.398 e. The van der Waals surface area contributed by atoms with E-state index in [0.717, 1.165) is 29.3 Å². The van der Waals surface area contributed by atoms with Crippen LogP contribution in [0.1, 0.15) is 11.3 Å². The molecule has 0 saturated heterocycles. The molecule has 0 aromatic carbocycles. The second-order valence-corrected chi connectivity index (χ2v) is 4.08. The predicted octanol–water partition coefficient (Wildman–Crippen LogP) is 2.00. The summed E-state index contributed by atoms with van der Waals surface area (Å²) in [5, 5.41) is 0. The fraction of sp³-hybridized carbons (Fsp3) is 0.231. The summed E-state index contributed by atoms with van der Waals surface area (Å²) in [4.78, 5) is 10.7. The quantitative estimate of drug-likeness (QED) is 0.873. The normalized spacial score (nSPS) is 10.2. The van der Waals surface area contributed by atoms with E-state index in [1.807, 2.05) is 43.1 Å². The van der Waals surface area contributed by atoms with Gasteiger partial charge in [0.1, 0.15) is 5.82 Å². The molecule has 0 radical (unpaired) electrons. The van der Waals surface area contributed by atoms with Gasteiger partial charge in [-0.3, -0.25) is 4.98 Å². The standard InChI is InChI=1S/C13H16N4/c1-10-8-16-13(7-12(10)14)17(2)9-11-5-3-4-6-15-11/h3-8H,9H2,1-2H3,(H2,14,16). The maximum absolute atomic E-state index is 5.87. The highest BCUT2D eigenvalue weighted by atomic mass is 15.2. The van der Waals surface area contributed by atoms with Crippen LogP contribution < -0.4 is 10.6 Å². The van der Waals surface area contributed by atoms with Crippen LogP contribution in [0.4, 0.5) is 11.5 Å². The Morgan fingerprint density at radius 1 is 1.29 bits per heavy atom. The lowest BCUT2D eigenvalue weighted by atomic mass is 10.2. The molecule has 4 heteroatoms. The third-order valence-electron chi connectivity index (χ3n) is 2.65. The van der Waals surface area contributed by atoms with Gasteiger partial charge in [0.15, 0.2) is 0 Å². The number of pyridine rings is 2. The fourth-order valence-corrected chi connectivity index (χ4v) is 1.55. The van der Waals surface area contributed by atoms with Crippen LogP contribution in [0.3, 0.4) is 0 Å². The van der Waals surface area contributed by atoms with E-state index < -0.39 is 0 Å². The summed E-state index contributed by atoms with van der Waals surface area (Å²) in [7, 11) is 1.98. The summed E-state index contributed by atoms with van der Waals surface area (Å²) in [6.07, 6.45) is 3.58. The van der Waals surface area contributed by atoms with Crippen molar-refractivity contribution in [1.29, 1.82) is 0 Å². The molecule has 0 aliphatic carbocycles. The zero-order chi connectivity index (χ0) is 12.3. The predicted molar refractivity (Wildman–Crippen MR) is 69.7 cm³/mol. The van der Waals surface area contributed by atoms with Crippen molar-refractivity contribution in [2.75, 3.05) is 17.7 Å². The first-order valence-corrected chi connectivity index (χ1v) is 5.50. The number of aryl methyl sites for hydroxylation is 1. The molecule has 0 bridgehead atoms. The Labute approximate surface area is 101 Å². The first-order valence-electron chi connectivity index (χ1n) is 5.50. The second-order valence-electron chi connectivity index (χ2n) is 4.08. The molecule has 0 amide bonds. The van der Waals surface area contributed by atoms with Gasteiger partial charge in [0.25, 0.3) is 0 Å². The average Bonchev–Trinajstić information content (AvgIpc) is 2.34. The van der Waals surface area contributed by atoms with Gasteiger partial charge in [0.2, 0.25) is 0 Å². The summed E-state index contributed by atoms with van der Waals surface area (Å²) in [5.74, 6) is 0.860. The van der Waals surface area contributed by atoms with E-state index in [1.165, 1.54) is 0 Å². The van der Waals surface area contributed by atoms with Crippen LogP contribution in [0, 0.1) is 6.92 Å². The average molecular weight is 228 g/mol. The highest BCUT2D eigenvalue weighted by Crippen LogP contribution is 2.17. The summed E-state index contributed by atoms with van der Waals surface area (Å²) in [6, 6.07) is 7.77. The number of hydrogen-bond acceptors (Lipinski definition) is 4. The number of anilines is 2. The molecule has 2 N–H and O–H groups in total. The topological polar surface area (TPSA) is 55.0 Å². The van der Waals surface area contributed by atoms with Crippen molar-refractivity contribution in [3.63, 3.8) is 0 Å². The molecule has 0 aliphatic heterocycles. The molecule has 17 heavy (non-hydrogen) atoms. The Bertz CT molecular complexity index is 496. The number of nitrogens with two attached hydrogens (primary N) is 1. The van der Waals surface area contributed by atoms with E-state index in [-0.39, 0.29) is 0 Å². The number of nitrogen functional groups attached to an aromatic ring is 1. The van der Waals surface area contributed by atoms with Crippen molar-refractivity contribution < 1.29 is 0 Å². The molecular formula is C13H16N4. The van der Waals surface area contributed by atoms with Gasteiger partial charge >= 0.3 is 0 Å². The third kappa shape index (κ3) is 2.72. The van der Waals surface area contributed by atoms with Crippen LogP contribution in [0.2, 0.25) is 0 Å². The molecule has 2 rings (SSSR count). The van der Waals surface area contributed by atoms with Crippen LogP contribution in [-0.2, 0) is 6.54 Å². The lowest BCUT2D eigenvalue weighted by molar-refractivity contribution is 0.865. The minimum absolute atomic E-state index is 0.719. The maximum Gasteiger partial charge on any atom is 0.130 e. The molecule has 0 unspecified atom stereocenters. The molecule has 0 atom stereocenters. The Hall–Kier alpha value is -2.10. The second kappa shape index (κ2) is 4.82. The van der Waals surface area contributed by atoms with Crippen LogP contribution in [0.25, 0.3) is 0 Å². The van der Waals surface area contributed by atoms with E-state index in [2.05, 4.69) is 9.97 Å². The van der Waals surface area contributed by atoms with Crippen molar-refractivity contribution in [2.24, 2.45) is 0 Å². The molecule has 0 saturated carbocycles. The Balaban J connectivity index is 2.14. The number of nitrogens with zero attached hydrogens (tertiary/aromatic N) is 3. The van der Waals surface area contributed by atoms with Gasteiger partial charge < -0.3 is 10.6 Å². The number of rotatable bonds is 3. The first kappa shape index (κ1) is 11.4. The van der Waals surface area contributed by atoms with Gasteiger partial charge in [0, 0.05) is 31.2 Å². The maximum atomic E-state index is 5.87. The van der Waals surface area contributed by atoms with Crippen LogP contribution in [-0.4, -0.2) is 17.0 Å². The van der Waals surface area contributed by atoms with Crippen molar-refractivity contribution in [3.05, 3.63) is 47.9 Å². The van der Waals surface area contributed by atoms with Crippen molar-refractivity contribution in [1.82, 2.24) is 9.97 Å². The van der Waals surface area contributed by atoms with Gasteiger partial charge in [-0.05, 0) is 24.6 Å². The SMILES string of the molecule is Cc1cnc(N(C)Cc2ccccn2)cc1N. The van der Waals surface area contributed by atoms with Gasteiger partial charge in [-0.25, -0.2) is 4.98 Å². The lowest BCUT2D eigenvalue weighted by Gasteiger charge is -2.18. The van der Waals surface area contributed by atoms with Crippen molar-refractivity contribution in [2.45, 2.75) is 13.5 Å². The summed E-state index contributed by atoms with van der Waals surface area (Å²) in [6.45, 7) is 2.67. The molecule has 0 fully saturated rings. The van der Waals surface area contributed by atoms with Gasteiger partial charge in [0.05, 0.1) is 12.2 Å². The highest BCUT2D eigenvalue weighted by molar-refractivity contribution is 5.54.